The van der Waals surface area contributed by atoms with Crippen molar-refractivity contribution >= 4 is 33.7 Å². The van der Waals surface area contributed by atoms with Crippen LogP contribution in [0.15, 0.2) is 34.3 Å². The first-order valence-electron chi connectivity index (χ1n) is 9.40. The van der Waals surface area contributed by atoms with Crippen molar-refractivity contribution < 1.29 is 23.1 Å². The van der Waals surface area contributed by atoms with Gasteiger partial charge in [-0.25, -0.2) is 8.42 Å². The Bertz CT molecular complexity index is 1010. The molecule has 0 saturated carbocycles. The van der Waals surface area contributed by atoms with E-state index in [0.717, 1.165) is 31.0 Å². The van der Waals surface area contributed by atoms with Gasteiger partial charge in [0, 0.05) is 25.7 Å². The van der Waals surface area contributed by atoms with Crippen molar-refractivity contribution in [2.24, 2.45) is 7.05 Å². The number of carboxylic acid groups (broad SMARTS) is 1. The Kier molecular flexibility index (Phi) is 7.10. The zero-order valence-corrected chi connectivity index (χ0v) is 18.1. The van der Waals surface area contributed by atoms with E-state index < -0.39 is 16.0 Å². The number of rotatable bonds is 8. The number of hydrogen-bond donors (Lipinski definition) is 2. The number of thioether (sulfide) groups is 1. The maximum absolute atomic E-state index is 12.7. The third kappa shape index (κ3) is 5.18. The maximum atomic E-state index is 12.7. The van der Waals surface area contributed by atoms with Gasteiger partial charge in [-0.3, -0.25) is 9.59 Å². The van der Waals surface area contributed by atoms with E-state index in [4.69, 9.17) is 5.11 Å². The second-order valence-corrected chi connectivity index (χ2v) is 9.69. The van der Waals surface area contributed by atoms with E-state index >= 15 is 0 Å². The molecule has 0 atom stereocenters. The minimum Gasteiger partial charge on any atom is -0.481 e. The Morgan fingerprint density at radius 3 is 2.43 bits per heavy atom. The van der Waals surface area contributed by atoms with Gasteiger partial charge in [0.25, 0.3) is 5.91 Å². The minimum atomic E-state index is -3.54. The molecule has 2 N–H and O–H groups in total. The summed E-state index contributed by atoms with van der Waals surface area (Å²) in [6.45, 7) is 1.15. The fourth-order valence-electron chi connectivity index (χ4n) is 3.04. The SMILES string of the molecule is Cn1c(CNC(=O)c2ccc(S(=O)(=O)N3CCCCC3)cc2)nnc1SCC(=O)O. The number of carbonyl (C=O) groups excluding carboxylic acids is 1. The zero-order chi connectivity index (χ0) is 21.7. The fraction of sp³-hybridized carbons (Fsp3) is 0.444. The van der Waals surface area contributed by atoms with Crippen LogP contribution >= 0.6 is 11.8 Å². The Morgan fingerprint density at radius 1 is 1.13 bits per heavy atom. The highest BCUT2D eigenvalue weighted by molar-refractivity contribution is 7.99. The fourth-order valence-corrected chi connectivity index (χ4v) is 5.21. The van der Waals surface area contributed by atoms with Crippen LogP contribution in [0.5, 0.6) is 0 Å². The topological polar surface area (TPSA) is 134 Å². The lowest BCUT2D eigenvalue weighted by molar-refractivity contribution is -0.133. The molecule has 10 nitrogen and oxygen atoms in total. The number of piperidine rings is 1. The average Bonchev–Trinajstić information content (AvgIpc) is 3.10. The first-order valence-corrected chi connectivity index (χ1v) is 11.8. The Balaban J connectivity index is 1.61. The summed E-state index contributed by atoms with van der Waals surface area (Å²) in [5, 5.41) is 19.8. The highest BCUT2D eigenvalue weighted by Crippen LogP contribution is 2.21. The number of nitrogens with zero attached hydrogens (tertiary/aromatic N) is 4. The standard InChI is InChI=1S/C18H23N5O5S2/c1-22-15(20-21-18(22)29-12-16(24)25)11-19-17(26)13-5-7-14(8-6-13)30(27,28)23-9-3-2-4-10-23/h5-8H,2-4,9-12H2,1H3,(H,19,26)(H,24,25). The molecule has 1 aromatic carbocycles. The van der Waals surface area contributed by atoms with Crippen LogP contribution in [0.1, 0.15) is 35.4 Å². The molecular weight excluding hydrogens is 430 g/mol. The van der Waals surface area contributed by atoms with E-state index in [-0.39, 0.29) is 23.1 Å². The van der Waals surface area contributed by atoms with Gasteiger partial charge >= 0.3 is 5.97 Å². The molecule has 2 aromatic rings. The summed E-state index contributed by atoms with van der Waals surface area (Å²) < 4.78 is 28.5. The van der Waals surface area contributed by atoms with Crippen LogP contribution in [0.25, 0.3) is 0 Å². The molecule has 12 heteroatoms. The Morgan fingerprint density at radius 2 is 1.80 bits per heavy atom. The number of carbonyl (C=O) groups is 2. The van der Waals surface area contributed by atoms with Gasteiger partial charge in [-0.05, 0) is 37.1 Å². The van der Waals surface area contributed by atoms with Crippen LogP contribution in [-0.4, -0.2) is 63.3 Å². The van der Waals surface area contributed by atoms with Crippen molar-refractivity contribution in [2.75, 3.05) is 18.8 Å². The molecule has 0 bridgehead atoms. The monoisotopic (exact) mass is 453 g/mol. The van der Waals surface area contributed by atoms with E-state index in [0.29, 0.717) is 29.6 Å². The van der Waals surface area contributed by atoms with Crippen LogP contribution in [0.4, 0.5) is 0 Å². The van der Waals surface area contributed by atoms with Crippen molar-refractivity contribution in [1.29, 1.82) is 0 Å². The van der Waals surface area contributed by atoms with Gasteiger partial charge in [-0.15, -0.1) is 10.2 Å². The number of aliphatic carboxylic acids is 1. The molecule has 3 rings (SSSR count). The maximum Gasteiger partial charge on any atom is 0.313 e. The van der Waals surface area contributed by atoms with Crippen LogP contribution < -0.4 is 5.32 Å². The van der Waals surface area contributed by atoms with Gasteiger partial charge in [0.2, 0.25) is 10.0 Å². The molecule has 0 spiro atoms. The van der Waals surface area contributed by atoms with Gasteiger partial charge in [-0.2, -0.15) is 4.31 Å². The van der Waals surface area contributed by atoms with Crippen LogP contribution in [0, 0.1) is 0 Å². The third-order valence-electron chi connectivity index (χ3n) is 4.73. The van der Waals surface area contributed by atoms with E-state index in [1.807, 2.05) is 0 Å². The van der Waals surface area contributed by atoms with Crippen molar-refractivity contribution in [3.63, 3.8) is 0 Å². The van der Waals surface area contributed by atoms with E-state index in [9.17, 15) is 18.0 Å². The van der Waals surface area contributed by atoms with Crippen molar-refractivity contribution in [1.82, 2.24) is 24.4 Å². The predicted molar refractivity (Wildman–Crippen MR) is 110 cm³/mol. The minimum absolute atomic E-state index is 0.101. The lowest BCUT2D eigenvalue weighted by Crippen LogP contribution is -2.35. The Hall–Kier alpha value is -2.44. The van der Waals surface area contributed by atoms with Crippen LogP contribution in [0.3, 0.4) is 0 Å². The summed E-state index contributed by atoms with van der Waals surface area (Å²) in [5.74, 6) is -0.992. The summed E-state index contributed by atoms with van der Waals surface area (Å²) in [6.07, 6.45) is 2.76. The van der Waals surface area contributed by atoms with Gasteiger partial charge < -0.3 is 15.0 Å². The summed E-state index contributed by atoms with van der Waals surface area (Å²) in [6, 6.07) is 5.86. The average molecular weight is 454 g/mol. The summed E-state index contributed by atoms with van der Waals surface area (Å²) in [7, 11) is -1.85. The molecule has 0 radical (unpaired) electrons. The quantitative estimate of drug-likeness (QED) is 0.568. The summed E-state index contributed by atoms with van der Waals surface area (Å²) in [4.78, 5) is 23.2. The van der Waals surface area contributed by atoms with Crippen LogP contribution in [-0.2, 0) is 28.4 Å². The number of hydrogen-bond acceptors (Lipinski definition) is 7. The van der Waals surface area contributed by atoms with Crippen LogP contribution in [0.2, 0.25) is 0 Å². The number of aromatic nitrogens is 3. The summed E-state index contributed by atoms with van der Waals surface area (Å²) >= 11 is 1.04. The number of nitrogens with one attached hydrogen (secondary N) is 1. The molecule has 162 valence electrons. The Labute approximate surface area is 178 Å². The lowest BCUT2D eigenvalue weighted by Gasteiger charge is -2.25. The normalized spacial score (nSPS) is 15.1. The molecule has 1 aliphatic heterocycles. The van der Waals surface area contributed by atoms with Crippen molar-refractivity contribution in [2.45, 2.75) is 35.9 Å². The number of benzene rings is 1. The number of sulfonamides is 1. The van der Waals surface area contributed by atoms with Gasteiger partial charge in [0.15, 0.2) is 11.0 Å². The molecule has 30 heavy (non-hydrogen) atoms. The molecule has 0 aliphatic carbocycles. The van der Waals surface area contributed by atoms with Crippen molar-refractivity contribution in [3.05, 3.63) is 35.7 Å². The highest BCUT2D eigenvalue weighted by atomic mass is 32.2. The molecule has 1 aliphatic rings. The first kappa shape index (κ1) is 22.2. The van der Waals surface area contributed by atoms with Gasteiger partial charge in [-0.1, -0.05) is 18.2 Å². The smallest absolute Gasteiger partial charge is 0.313 e. The lowest BCUT2D eigenvalue weighted by atomic mass is 10.2. The van der Waals surface area contributed by atoms with Gasteiger partial charge in [0.05, 0.1) is 17.2 Å². The third-order valence-corrected chi connectivity index (χ3v) is 7.64. The molecule has 1 amide bonds. The molecule has 1 aromatic heterocycles. The largest absolute Gasteiger partial charge is 0.481 e. The molecule has 0 unspecified atom stereocenters. The number of carboxylic acids is 1. The second-order valence-electron chi connectivity index (χ2n) is 6.81. The molecule has 1 saturated heterocycles. The second kappa shape index (κ2) is 9.58. The zero-order valence-electron chi connectivity index (χ0n) is 16.4. The van der Waals surface area contributed by atoms with E-state index in [1.165, 1.54) is 28.6 Å². The summed E-state index contributed by atoms with van der Waals surface area (Å²) in [5.41, 5.74) is 0.329. The van der Waals surface area contributed by atoms with Gasteiger partial charge in [0.1, 0.15) is 0 Å². The predicted octanol–water partition coefficient (Wildman–Crippen LogP) is 1.10. The number of amides is 1. The molecular formula is C18H23N5O5S2. The van der Waals surface area contributed by atoms with E-state index in [1.54, 1.807) is 11.6 Å². The van der Waals surface area contributed by atoms with Crippen molar-refractivity contribution in [3.8, 4) is 0 Å². The van der Waals surface area contributed by atoms with E-state index in [2.05, 4.69) is 15.5 Å². The first-order chi connectivity index (χ1) is 14.3. The molecule has 2 heterocycles. The highest BCUT2D eigenvalue weighted by Gasteiger charge is 2.26. The molecule has 1 fully saturated rings.